The normalized spacial score (nSPS) is 11.2. The minimum atomic E-state index is -1.35. The monoisotopic (exact) mass is 268 g/mol. The summed E-state index contributed by atoms with van der Waals surface area (Å²) in [5, 5.41) is 9.89. The van der Waals surface area contributed by atoms with E-state index < -0.39 is 5.60 Å². The van der Waals surface area contributed by atoms with Crippen LogP contribution < -0.4 is 0 Å². The Bertz CT molecular complexity index is 528. The van der Waals surface area contributed by atoms with Crippen molar-refractivity contribution in [3.05, 3.63) is 35.9 Å². The van der Waals surface area contributed by atoms with Crippen molar-refractivity contribution in [3.8, 4) is 36.0 Å². The highest BCUT2D eigenvalue weighted by Crippen LogP contribution is 2.01. The second-order valence-electron chi connectivity index (χ2n) is 3.69. The molecule has 2 heteroatoms. The molecule has 2 nitrogen and oxygen atoms in total. The third kappa shape index (κ3) is 8.84. The lowest BCUT2D eigenvalue weighted by Crippen LogP contribution is -2.18. The average Bonchev–Trinajstić information content (AvgIpc) is 2.48. The van der Waals surface area contributed by atoms with Crippen LogP contribution in [0.2, 0.25) is 0 Å². The first-order valence-corrected chi connectivity index (χ1v) is 6.46. The fourth-order valence-corrected chi connectivity index (χ4v) is 1.12. The first kappa shape index (κ1) is 17.8. The topological polar surface area (TPSA) is 29.5 Å². The van der Waals surface area contributed by atoms with Crippen LogP contribution in [0.15, 0.2) is 30.3 Å². The van der Waals surface area contributed by atoms with Gasteiger partial charge in [-0.2, -0.15) is 0 Å². The lowest BCUT2D eigenvalue weighted by molar-refractivity contribution is 0.181. The van der Waals surface area contributed by atoms with Crippen molar-refractivity contribution in [1.29, 1.82) is 0 Å². The number of aliphatic hydroxyl groups is 1. The number of rotatable bonds is 2. The standard InChI is InChI=1S/C16H14O2.C2H6/c1-3-13-18-14-7-11-16(2,17)12-10-15-8-5-4-6-9-15;1-2/h1,4-6,8-9,17H,13-14H2,2H3;1-2H3. The van der Waals surface area contributed by atoms with Gasteiger partial charge in [-0.3, -0.25) is 0 Å². The summed E-state index contributed by atoms with van der Waals surface area (Å²) >= 11 is 0. The van der Waals surface area contributed by atoms with Crippen molar-refractivity contribution in [2.24, 2.45) is 0 Å². The number of hydrogen-bond acceptors (Lipinski definition) is 2. The van der Waals surface area contributed by atoms with Gasteiger partial charge in [0.25, 0.3) is 0 Å². The van der Waals surface area contributed by atoms with Gasteiger partial charge in [-0.1, -0.05) is 55.7 Å². The van der Waals surface area contributed by atoms with E-state index in [0.29, 0.717) is 0 Å². The van der Waals surface area contributed by atoms with E-state index >= 15 is 0 Å². The van der Waals surface area contributed by atoms with E-state index in [2.05, 4.69) is 29.6 Å². The molecule has 0 heterocycles. The van der Waals surface area contributed by atoms with Gasteiger partial charge in [0, 0.05) is 5.56 Å². The highest BCUT2D eigenvalue weighted by molar-refractivity contribution is 5.39. The minimum absolute atomic E-state index is 0.188. The number of hydrogen-bond donors (Lipinski definition) is 1. The van der Waals surface area contributed by atoms with Crippen LogP contribution in [0.1, 0.15) is 26.3 Å². The fraction of sp³-hybridized carbons (Fsp3) is 0.333. The van der Waals surface area contributed by atoms with E-state index in [4.69, 9.17) is 11.2 Å². The van der Waals surface area contributed by atoms with Crippen molar-refractivity contribution in [1.82, 2.24) is 0 Å². The molecule has 1 aromatic rings. The Kier molecular flexibility index (Phi) is 9.55. The summed E-state index contributed by atoms with van der Waals surface area (Å²) in [6.45, 7) is 5.94. The Morgan fingerprint density at radius 1 is 1.15 bits per heavy atom. The summed E-state index contributed by atoms with van der Waals surface area (Å²) in [6.07, 6.45) is 5.01. The second-order valence-corrected chi connectivity index (χ2v) is 3.69. The first-order valence-electron chi connectivity index (χ1n) is 6.46. The highest BCUT2D eigenvalue weighted by atomic mass is 16.5. The van der Waals surface area contributed by atoms with Crippen molar-refractivity contribution >= 4 is 0 Å². The SMILES string of the molecule is C#CCOCC#CC(C)(O)C#Cc1ccccc1.CC. The van der Waals surface area contributed by atoms with Crippen molar-refractivity contribution in [2.45, 2.75) is 26.4 Å². The molecular formula is C18H20O2. The molecule has 0 spiro atoms. The predicted molar refractivity (Wildman–Crippen MR) is 82.7 cm³/mol. The number of ether oxygens (including phenoxy) is 1. The summed E-state index contributed by atoms with van der Waals surface area (Å²) in [5.41, 5.74) is -0.516. The van der Waals surface area contributed by atoms with Gasteiger partial charge in [0.1, 0.15) is 13.2 Å². The van der Waals surface area contributed by atoms with Crippen molar-refractivity contribution in [3.63, 3.8) is 0 Å². The van der Waals surface area contributed by atoms with Gasteiger partial charge >= 0.3 is 0 Å². The Labute approximate surface area is 122 Å². The molecule has 1 aromatic carbocycles. The van der Waals surface area contributed by atoms with E-state index in [1.165, 1.54) is 6.92 Å². The summed E-state index contributed by atoms with van der Waals surface area (Å²) in [6, 6.07) is 9.42. The van der Waals surface area contributed by atoms with Crippen LogP contribution in [0.25, 0.3) is 0 Å². The molecule has 0 aliphatic rings. The molecule has 0 aliphatic heterocycles. The maximum absolute atomic E-state index is 9.89. The van der Waals surface area contributed by atoms with E-state index in [-0.39, 0.29) is 13.2 Å². The fourth-order valence-electron chi connectivity index (χ4n) is 1.12. The maximum atomic E-state index is 9.89. The van der Waals surface area contributed by atoms with Gasteiger partial charge in [-0.15, -0.1) is 6.42 Å². The molecule has 1 N–H and O–H groups in total. The molecule has 0 amide bonds. The second kappa shape index (κ2) is 10.7. The van der Waals surface area contributed by atoms with Crippen LogP contribution in [0.5, 0.6) is 0 Å². The van der Waals surface area contributed by atoms with E-state index in [0.717, 1.165) is 5.56 Å². The van der Waals surface area contributed by atoms with Gasteiger partial charge < -0.3 is 9.84 Å². The molecule has 1 unspecified atom stereocenters. The Hall–Kier alpha value is -2.18. The molecule has 0 fully saturated rings. The molecule has 0 saturated heterocycles. The predicted octanol–water partition coefficient (Wildman–Crippen LogP) is 2.47. The first-order chi connectivity index (χ1) is 9.64. The molecule has 1 atom stereocenters. The molecule has 0 saturated carbocycles. The Balaban J connectivity index is 0.00000172. The smallest absolute Gasteiger partial charge is 0.185 e. The molecule has 0 aromatic heterocycles. The van der Waals surface area contributed by atoms with Crippen LogP contribution in [0.4, 0.5) is 0 Å². The van der Waals surface area contributed by atoms with Crippen LogP contribution in [0, 0.1) is 36.0 Å². The molecule has 1 rings (SSSR count). The zero-order chi connectivity index (χ0) is 15.3. The van der Waals surface area contributed by atoms with E-state index in [1.54, 1.807) is 0 Å². The van der Waals surface area contributed by atoms with Crippen molar-refractivity contribution < 1.29 is 9.84 Å². The molecule has 0 radical (unpaired) electrons. The average molecular weight is 268 g/mol. The maximum Gasteiger partial charge on any atom is 0.185 e. The third-order valence-electron chi connectivity index (χ3n) is 1.92. The van der Waals surface area contributed by atoms with Gasteiger partial charge in [0.15, 0.2) is 5.60 Å². The molecule has 0 aliphatic carbocycles. The molecule has 20 heavy (non-hydrogen) atoms. The zero-order valence-corrected chi connectivity index (χ0v) is 12.2. The quantitative estimate of drug-likeness (QED) is 0.659. The van der Waals surface area contributed by atoms with Gasteiger partial charge in [-0.05, 0) is 25.0 Å². The summed E-state index contributed by atoms with van der Waals surface area (Å²) in [5.74, 6) is 13.2. The third-order valence-corrected chi connectivity index (χ3v) is 1.92. The number of benzene rings is 1. The van der Waals surface area contributed by atoms with Crippen LogP contribution in [-0.2, 0) is 4.74 Å². The Morgan fingerprint density at radius 2 is 1.80 bits per heavy atom. The summed E-state index contributed by atoms with van der Waals surface area (Å²) in [4.78, 5) is 0. The number of terminal acetylenes is 1. The highest BCUT2D eigenvalue weighted by Gasteiger charge is 2.11. The molecular weight excluding hydrogens is 248 g/mol. The van der Waals surface area contributed by atoms with Gasteiger partial charge in [0.2, 0.25) is 0 Å². The van der Waals surface area contributed by atoms with Crippen LogP contribution >= 0.6 is 0 Å². The Morgan fingerprint density at radius 3 is 2.40 bits per heavy atom. The van der Waals surface area contributed by atoms with E-state index in [1.807, 2.05) is 44.2 Å². The molecule has 104 valence electrons. The zero-order valence-electron chi connectivity index (χ0n) is 12.2. The largest absolute Gasteiger partial charge is 0.367 e. The minimum Gasteiger partial charge on any atom is -0.367 e. The van der Waals surface area contributed by atoms with Gasteiger partial charge in [0.05, 0.1) is 0 Å². The van der Waals surface area contributed by atoms with E-state index in [9.17, 15) is 5.11 Å². The van der Waals surface area contributed by atoms with Crippen LogP contribution in [0.3, 0.4) is 0 Å². The van der Waals surface area contributed by atoms with Crippen LogP contribution in [-0.4, -0.2) is 23.9 Å². The van der Waals surface area contributed by atoms with Gasteiger partial charge in [-0.25, -0.2) is 0 Å². The summed E-state index contributed by atoms with van der Waals surface area (Å²) in [7, 11) is 0. The molecule has 0 bridgehead atoms. The lowest BCUT2D eigenvalue weighted by atomic mass is 10.1. The summed E-state index contributed by atoms with van der Waals surface area (Å²) < 4.78 is 4.97. The lowest BCUT2D eigenvalue weighted by Gasteiger charge is -2.06. The van der Waals surface area contributed by atoms with Crippen molar-refractivity contribution in [2.75, 3.05) is 13.2 Å².